The maximum atomic E-state index is 13.2. The molecule has 1 fully saturated rings. The van der Waals surface area contributed by atoms with Crippen molar-refractivity contribution in [3.63, 3.8) is 0 Å². The highest BCUT2D eigenvalue weighted by Crippen LogP contribution is 2.38. The van der Waals surface area contributed by atoms with Crippen LogP contribution in [-0.4, -0.2) is 34.0 Å². The van der Waals surface area contributed by atoms with Crippen molar-refractivity contribution >= 4 is 22.5 Å². The molecule has 0 heterocycles. The highest BCUT2D eigenvalue weighted by atomic mass is 16.5. The molecule has 0 saturated heterocycles. The Labute approximate surface area is 180 Å². The Morgan fingerprint density at radius 2 is 1.71 bits per heavy atom. The van der Waals surface area contributed by atoms with Crippen molar-refractivity contribution in [2.24, 2.45) is 0 Å². The Hall–Kier alpha value is -3.54. The molecule has 160 valence electrons. The first-order chi connectivity index (χ1) is 14.9. The largest absolute Gasteiger partial charge is 0.508 e. The second-order valence-electron chi connectivity index (χ2n) is 8.03. The van der Waals surface area contributed by atoms with Crippen LogP contribution in [0.4, 0.5) is 0 Å². The standard InChI is InChI=1S/C25H25NO5/c1-16(27)25(12-4-13-25)26-24(30)21-15-22(29)19-5-2-3-6-20(19)23(21)31-14-11-17-7-9-18(28)10-8-17/h2-3,5-10,15,28-29H,4,11-14H2,1H3,(H,26,30). The molecule has 1 saturated carbocycles. The topological polar surface area (TPSA) is 95.9 Å². The van der Waals surface area contributed by atoms with Crippen LogP contribution in [-0.2, 0) is 11.2 Å². The zero-order chi connectivity index (χ0) is 22.0. The van der Waals surface area contributed by atoms with Crippen molar-refractivity contribution in [3.05, 3.63) is 65.7 Å². The molecular weight excluding hydrogens is 394 g/mol. The third kappa shape index (κ3) is 4.06. The summed E-state index contributed by atoms with van der Waals surface area (Å²) in [5.74, 6) is 0.0610. The summed E-state index contributed by atoms with van der Waals surface area (Å²) in [7, 11) is 0. The van der Waals surface area contributed by atoms with Crippen molar-refractivity contribution in [1.82, 2.24) is 5.32 Å². The van der Waals surface area contributed by atoms with Crippen LogP contribution in [0.3, 0.4) is 0 Å². The van der Waals surface area contributed by atoms with E-state index >= 15 is 0 Å². The quantitative estimate of drug-likeness (QED) is 0.536. The summed E-state index contributed by atoms with van der Waals surface area (Å²) in [5, 5.41) is 24.0. The van der Waals surface area contributed by atoms with E-state index in [-0.39, 0.29) is 22.8 Å². The second-order valence-corrected chi connectivity index (χ2v) is 8.03. The summed E-state index contributed by atoms with van der Waals surface area (Å²) >= 11 is 0. The zero-order valence-electron chi connectivity index (χ0n) is 17.4. The summed E-state index contributed by atoms with van der Waals surface area (Å²) < 4.78 is 6.07. The molecule has 0 atom stereocenters. The number of aromatic hydroxyl groups is 2. The summed E-state index contributed by atoms with van der Waals surface area (Å²) in [5.41, 5.74) is 0.355. The molecule has 4 rings (SSSR count). The van der Waals surface area contributed by atoms with Crippen molar-refractivity contribution in [1.29, 1.82) is 0 Å². The van der Waals surface area contributed by atoms with Crippen LogP contribution in [0, 0.1) is 0 Å². The molecule has 0 aromatic heterocycles. The maximum Gasteiger partial charge on any atom is 0.256 e. The first-order valence-electron chi connectivity index (χ1n) is 10.4. The van der Waals surface area contributed by atoms with Crippen LogP contribution >= 0.6 is 0 Å². The lowest BCUT2D eigenvalue weighted by molar-refractivity contribution is -0.126. The molecule has 3 aromatic carbocycles. The van der Waals surface area contributed by atoms with Crippen LogP contribution < -0.4 is 10.1 Å². The normalized spacial score (nSPS) is 14.6. The lowest BCUT2D eigenvalue weighted by Crippen LogP contribution is -2.58. The molecule has 1 amide bonds. The number of rotatable bonds is 7. The number of fused-ring (bicyclic) bond motifs is 1. The molecule has 1 aliphatic rings. The smallest absolute Gasteiger partial charge is 0.256 e. The van der Waals surface area contributed by atoms with E-state index < -0.39 is 11.4 Å². The van der Waals surface area contributed by atoms with Gasteiger partial charge in [-0.3, -0.25) is 9.59 Å². The minimum Gasteiger partial charge on any atom is -0.508 e. The van der Waals surface area contributed by atoms with E-state index in [1.54, 1.807) is 30.3 Å². The molecule has 0 unspecified atom stereocenters. The van der Waals surface area contributed by atoms with Gasteiger partial charge in [-0.2, -0.15) is 0 Å². The lowest BCUT2D eigenvalue weighted by Gasteiger charge is -2.40. The van der Waals surface area contributed by atoms with Gasteiger partial charge in [0, 0.05) is 17.2 Å². The van der Waals surface area contributed by atoms with Crippen LogP contribution in [0.15, 0.2) is 54.6 Å². The van der Waals surface area contributed by atoms with Gasteiger partial charge in [0.05, 0.1) is 17.7 Å². The monoisotopic (exact) mass is 419 g/mol. The van der Waals surface area contributed by atoms with Gasteiger partial charge in [0.25, 0.3) is 5.91 Å². The molecule has 6 nitrogen and oxygen atoms in total. The fourth-order valence-corrected chi connectivity index (χ4v) is 3.97. The second kappa shape index (κ2) is 8.30. The van der Waals surface area contributed by atoms with Crippen LogP contribution in [0.25, 0.3) is 10.8 Å². The lowest BCUT2D eigenvalue weighted by atomic mass is 9.74. The number of nitrogens with one attached hydrogen (secondary N) is 1. The summed E-state index contributed by atoms with van der Waals surface area (Å²) in [4.78, 5) is 25.3. The Morgan fingerprint density at radius 1 is 1.03 bits per heavy atom. The molecule has 0 aliphatic heterocycles. The SMILES string of the molecule is CC(=O)C1(NC(=O)c2cc(O)c3ccccc3c2OCCc2ccc(O)cc2)CCC1. The van der Waals surface area contributed by atoms with Gasteiger partial charge < -0.3 is 20.3 Å². The molecule has 0 bridgehead atoms. The highest BCUT2D eigenvalue weighted by molar-refractivity contribution is 6.07. The number of carbonyl (C=O) groups is 2. The van der Waals surface area contributed by atoms with E-state index in [0.717, 1.165) is 12.0 Å². The van der Waals surface area contributed by atoms with Crippen LogP contribution in [0.5, 0.6) is 17.2 Å². The predicted molar refractivity (Wildman–Crippen MR) is 118 cm³/mol. The van der Waals surface area contributed by atoms with Gasteiger partial charge in [-0.1, -0.05) is 36.4 Å². The van der Waals surface area contributed by atoms with Gasteiger partial charge in [-0.15, -0.1) is 0 Å². The highest BCUT2D eigenvalue weighted by Gasteiger charge is 2.43. The maximum absolute atomic E-state index is 13.2. The number of ketones is 1. The number of Topliss-reactive ketones (excluding diaryl/α,β-unsaturated/α-hetero) is 1. The third-order valence-electron chi connectivity index (χ3n) is 6.03. The number of hydrogen-bond donors (Lipinski definition) is 3. The van der Waals surface area contributed by atoms with Crippen molar-refractivity contribution in [2.75, 3.05) is 6.61 Å². The molecular formula is C25H25NO5. The van der Waals surface area contributed by atoms with Crippen molar-refractivity contribution in [2.45, 2.75) is 38.1 Å². The van der Waals surface area contributed by atoms with E-state index in [4.69, 9.17) is 4.74 Å². The molecule has 3 N–H and O–H groups in total. The Morgan fingerprint density at radius 3 is 2.32 bits per heavy atom. The van der Waals surface area contributed by atoms with E-state index in [1.807, 2.05) is 18.2 Å². The average Bonchev–Trinajstić information content (AvgIpc) is 2.73. The summed E-state index contributed by atoms with van der Waals surface area (Å²) in [6.07, 6.45) is 2.70. The Bertz CT molecular complexity index is 1130. The number of phenolic OH excluding ortho intramolecular Hbond substituents is 2. The first kappa shape index (κ1) is 20.7. The van der Waals surface area contributed by atoms with Crippen LogP contribution in [0.2, 0.25) is 0 Å². The number of carbonyl (C=O) groups excluding carboxylic acids is 2. The van der Waals surface area contributed by atoms with E-state index in [0.29, 0.717) is 42.4 Å². The Balaban J connectivity index is 1.64. The average molecular weight is 419 g/mol. The van der Waals surface area contributed by atoms with Gasteiger partial charge in [0.2, 0.25) is 0 Å². The van der Waals surface area contributed by atoms with E-state index in [2.05, 4.69) is 5.32 Å². The summed E-state index contributed by atoms with van der Waals surface area (Å²) in [6.45, 7) is 1.80. The molecule has 3 aromatic rings. The number of ether oxygens (including phenoxy) is 1. The number of amides is 1. The van der Waals surface area contributed by atoms with Crippen molar-refractivity contribution < 1.29 is 24.5 Å². The number of benzene rings is 3. The number of phenols is 2. The first-order valence-corrected chi connectivity index (χ1v) is 10.4. The summed E-state index contributed by atoms with van der Waals surface area (Å²) in [6, 6.07) is 15.4. The van der Waals surface area contributed by atoms with E-state index in [9.17, 15) is 19.8 Å². The zero-order valence-corrected chi connectivity index (χ0v) is 17.4. The fraction of sp³-hybridized carbons (Fsp3) is 0.280. The van der Waals surface area contributed by atoms with Gasteiger partial charge in [-0.25, -0.2) is 0 Å². The molecule has 1 aliphatic carbocycles. The van der Waals surface area contributed by atoms with Crippen molar-refractivity contribution in [3.8, 4) is 17.2 Å². The van der Waals surface area contributed by atoms with Gasteiger partial charge in [0.1, 0.15) is 17.2 Å². The van der Waals surface area contributed by atoms with E-state index in [1.165, 1.54) is 13.0 Å². The fourth-order valence-electron chi connectivity index (χ4n) is 3.97. The Kier molecular flexibility index (Phi) is 5.55. The number of hydrogen-bond acceptors (Lipinski definition) is 5. The van der Waals surface area contributed by atoms with Gasteiger partial charge in [0.15, 0.2) is 5.78 Å². The molecule has 31 heavy (non-hydrogen) atoms. The van der Waals surface area contributed by atoms with Gasteiger partial charge >= 0.3 is 0 Å². The van der Waals surface area contributed by atoms with Gasteiger partial charge in [-0.05, 0) is 49.9 Å². The minimum absolute atomic E-state index is 0.0166. The minimum atomic E-state index is -0.832. The predicted octanol–water partition coefficient (Wildman–Crippen LogP) is 4.11. The van der Waals surface area contributed by atoms with Crippen LogP contribution in [0.1, 0.15) is 42.1 Å². The molecule has 0 spiro atoms. The molecule has 0 radical (unpaired) electrons. The third-order valence-corrected chi connectivity index (χ3v) is 6.03. The molecule has 6 heteroatoms.